The van der Waals surface area contributed by atoms with Gasteiger partial charge in [0.25, 0.3) is 5.56 Å². The van der Waals surface area contributed by atoms with Crippen LogP contribution in [0.4, 0.5) is 0 Å². The first-order valence-electron chi connectivity index (χ1n) is 7.22. The van der Waals surface area contributed by atoms with Crippen LogP contribution in [0.1, 0.15) is 44.4 Å². The summed E-state index contributed by atoms with van der Waals surface area (Å²) in [5, 5.41) is 5.62. The average Bonchev–Trinajstić information content (AvgIpc) is 2.91. The van der Waals surface area contributed by atoms with Crippen LogP contribution in [0.5, 0.6) is 0 Å². The van der Waals surface area contributed by atoms with E-state index < -0.39 is 11.2 Å². The molecule has 0 spiro atoms. The highest BCUT2D eigenvalue weighted by atomic mass is 32.1. The van der Waals surface area contributed by atoms with Crippen molar-refractivity contribution < 1.29 is 4.79 Å². The van der Waals surface area contributed by atoms with Gasteiger partial charge < -0.3 is 5.32 Å². The van der Waals surface area contributed by atoms with Crippen molar-refractivity contribution >= 4 is 17.2 Å². The van der Waals surface area contributed by atoms with Crippen molar-refractivity contribution in [3.8, 4) is 0 Å². The first-order valence-corrected chi connectivity index (χ1v) is 8.10. The fraction of sp³-hybridized carbons (Fsp3) is 0.467. The molecular weight excluding hydrogens is 316 g/mol. The minimum absolute atomic E-state index is 0.0400. The molecule has 2 aromatic heterocycles. The van der Waals surface area contributed by atoms with Gasteiger partial charge in [0, 0.05) is 23.1 Å². The Bertz CT molecular complexity index is 813. The quantitative estimate of drug-likeness (QED) is 0.876. The lowest BCUT2D eigenvalue weighted by molar-refractivity contribution is -0.122. The molecular formula is C15H20N4O3S. The molecule has 124 valence electrons. The molecule has 2 rings (SSSR count). The van der Waals surface area contributed by atoms with Gasteiger partial charge in [0.1, 0.15) is 11.6 Å². The van der Waals surface area contributed by atoms with Crippen molar-refractivity contribution in [2.75, 3.05) is 0 Å². The van der Waals surface area contributed by atoms with E-state index in [2.05, 4.69) is 36.1 Å². The third-order valence-electron chi connectivity index (χ3n) is 3.25. The first-order chi connectivity index (χ1) is 10.7. The van der Waals surface area contributed by atoms with Crippen molar-refractivity contribution in [3.63, 3.8) is 0 Å². The monoisotopic (exact) mass is 336 g/mol. The molecule has 0 saturated heterocycles. The molecule has 1 amide bonds. The molecule has 2 N–H and O–H groups in total. The van der Waals surface area contributed by atoms with E-state index in [9.17, 15) is 14.4 Å². The molecule has 8 heteroatoms. The van der Waals surface area contributed by atoms with Crippen LogP contribution in [0, 0.1) is 0 Å². The SMILES string of the molecule is C[C@H](NC(=O)Cn1ccc(=O)[nH]c1=O)c1nc(C(C)(C)C)cs1. The van der Waals surface area contributed by atoms with Gasteiger partial charge in [-0.2, -0.15) is 0 Å². The number of aromatic nitrogens is 3. The van der Waals surface area contributed by atoms with E-state index in [-0.39, 0.29) is 23.9 Å². The van der Waals surface area contributed by atoms with Crippen molar-refractivity contribution in [1.29, 1.82) is 0 Å². The van der Waals surface area contributed by atoms with Crippen LogP contribution in [0.3, 0.4) is 0 Å². The highest BCUT2D eigenvalue weighted by Crippen LogP contribution is 2.26. The van der Waals surface area contributed by atoms with E-state index in [1.54, 1.807) is 0 Å². The van der Waals surface area contributed by atoms with Gasteiger partial charge in [-0.05, 0) is 6.92 Å². The number of aromatic amines is 1. The number of hydrogen-bond acceptors (Lipinski definition) is 5. The normalized spacial score (nSPS) is 12.9. The van der Waals surface area contributed by atoms with Crippen LogP contribution >= 0.6 is 11.3 Å². The lowest BCUT2D eigenvalue weighted by atomic mass is 9.93. The maximum Gasteiger partial charge on any atom is 0.328 e. The second-order valence-electron chi connectivity index (χ2n) is 6.35. The third-order valence-corrected chi connectivity index (χ3v) is 4.28. The van der Waals surface area contributed by atoms with Crippen molar-refractivity contribution in [3.05, 3.63) is 49.2 Å². The van der Waals surface area contributed by atoms with Gasteiger partial charge in [0.2, 0.25) is 5.91 Å². The Balaban J connectivity index is 2.03. The van der Waals surface area contributed by atoms with Crippen LogP contribution < -0.4 is 16.6 Å². The van der Waals surface area contributed by atoms with Gasteiger partial charge in [-0.15, -0.1) is 11.3 Å². The molecule has 0 aliphatic rings. The topological polar surface area (TPSA) is 96.9 Å². The maximum atomic E-state index is 12.1. The number of nitrogens with one attached hydrogen (secondary N) is 2. The molecule has 2 aromatic rings. The summed E-state index contributed by atoms with van der Waals surface area (Å²) in [6, 6.07) is 0.955. The number of rotatable bonds is 4. The predicted octanol–water partition coefficient (Wildman–Crippen LogP) is 1.17. The van der Waals surface area contributed by atoms with Crippen molar-refractivity contribution in [2.24, 2.45) is 0 Å². The zero-order chi connectivity index (χ0) is 17.2. The van der Waals surface area contributed by atoms with E-state index in [1.165, 1.54) is 23.6 Å². The third kappa shape index (κ3) is 4.38. The lowest BCUT2D eigenvalue weighted by Gasteiger charge is -2.15. The second kappa shape index (κ2) is 6.49. The van der Waals surface area contributed by atoms with E-state index in [1.807, 2.05) is 12.3 Å². The zero-order valence-electron chi connectivity index (χ0n) is 13.5. The molecule has 0 radical (unpaired) electrons. The van der Waals surface area contributed by atoms with E-state index >= 15 is 0 Å². The van der Waals surface area contributed by atoms with Gasteiger partial charge in [-0.25, -0.2) is 9.78 Å². The number of nitrogens with zero attached hydrogens (tertiary/aromatic N) is 2. The number of carbonyl (C=O) groups is 1. The largest absolute Gasteiger partial charge is 0.346 e. The Hall–Kier alpha value is -2.22. The molecule has 0 fully saturated rings. The summed E-state index contributed by atoms with van der Waals surface area (Å²) in [4.78, 5) is 41.3. The van der Waals surface area contributed by atoms with E-state index in [4.69, 9.17) is 0 Å². The Morgan fingerprint density at radius 3 is 2.70 bits per heavy atom. The van der Waals surface area contributed by atoms with E-state index in [0.717, 1.165) is 15.3 Å². The number of H-pyrrole nitrogens is 1. The van der Waals surface area contributed by atoms with Crippen LogP contribution in [0.15, 0.2) is 27.2 Å². The molecule has 2 heterocycles. The molecule has 23 heavy (non-hydrogen) atoms. The van der Waals surface area contributed by atoms with Gasteiger partial charge >= 0.3 is 5.69 Å². The lowest BCUT2D eigenvalue weighted by Crippen LogP contribution is -2.36. The van der Waals surface area contributed by atoms with Crippen molar-refractivity contribution in [1.82, 2.24) is 19.9 Å². The molecule has 1 atom stereocenters. The first kappa shape index (κ1) is 17.1. The van der Waals surface area contributed by atoms with Gasteiger partial charge in [0.15, 0.2) is 0 Å². The van der Waals surface area contributed by atoms with E-state index in [0.29, 0.717) is 0 Å². The standard InChI is InChI=1S/C15H20N4O3S/c1-9(13-17-10(8-23-13)15(2,3)4)16-12(21)7-19-6-5-11(20)18-14(19)22/h5-6,8-9H,7H2,1-4H3,(H,16,21)(H,18,20,22)/t9-/m0/s1. The van der Waals surface area contributed by atoms with Gasteiger partial charge in [-0.3, -0.25) is 19.1 Å². The highest BCUT2D eigenvalue weighted by Gasteiger charge is 2.20. The Labute approximate surface area is 137 Å². The van der Waals surface area contributed by atoms with Gasteiger partial charge in [0.05, 0.1) is 11.7 Å². The zero-order valence-corrected chi connectivity index (χ0v) is 14.4. The molecule has 7 nitrogen and oxygen atoms in total. The number of amides is 1. The number of carbonyl (C=O) groups excluding carboxylic acids is 1. The fourth-order valence-corrected chi connectivity index (χ4v) is 2.96. The summed E-state index contributed by atoms with van der Waals surface area (Å²) in [6.45, 7) is 7.93. The number of thiazole rings is 1. The predicted molar refractivity (Wildman–Crippen MR) is 88.7 cm³/mol. The summed E-state index contributed by atoms with van der Waals surface area (Å²) in [6.07, 6.45) is 1.30. The Morgan fingerprint density at radius 1 is 1.43 bits per heavy atom. The minimum Gasteiger partial charge on any atom is -0.346 e. The summed E-state index contributed by atoms with van der Waals surface area (Å²) >= 11 is 1.50. The number of hydrogen-bond donors (Lipinski definition) is 2. The van der Waals surface area contributed by atoms with Crippen molar-refractivity contribution in [2.45, 2.75) is 45.7 Å². The highest BCUT2D eigenvalue weighted by molar-refractivity contribution is 7.09. The summed E-state index contributed by atoms with van der Waals surface area (Å²) < 4.78 is 1.14. The average molecular weight is 336 g/mol. The van der Waals surface area contributed by atoms with Gasteiger partial charge in [-0.1, -0.05) is 20.8 Å². The van der Waals surface area contributed by atoms with Crippen LogP contribution in [0.25, 0.3) is 0 Å². The molecule has 0 aliphatic heterocycles. The molecule has 0 aromatic carbocycles. The van der Waals surface area contributed by atoms with Crippen LogP contribution in [-0.4, -0.2) is 20.4 Å². The molecule has 0 aliphatic carbocycles. The smallest absolute Gasteiger partial charge is 0.328 e. The molecule has 0 bridgehead atoms. The summed E-state index contributed by atoms with van der Waals surface area (Å²) in [7, 11) is 0. The summed E-state index contributed by atoms with van der Waals surface area (Å²) in [5.41, 5.74) is -0.153. The Morgan fingerprint density at radius 2 is 2.13 bits per heavy atom. The fourth-order valence-electron chi connectivity index (χ4n) is 1.90. The summed E-state index contributed by atoms with van der Waals surface area (Å²) in [5.74, 6) is -0.320. The molecule has 0 unspecified atom stereocenters. The molecule has 0 saturated carbocycles. The Kier molecular flexibility index (Phi) is 4.84. The van der Waals surface area contributed by atoms with Crippen LogP contribution in [0.2, 0.25) is 0 Å². The minimum atomic E-state index is -0.607. The van der Waals surface area contributed by atoms with Crippen LogP contribution in [-0.2, 0) is 16.8 Å². The maximum absolute atomic E-state index is 12.1. The second-order valence-corrected chi connectivity index (χ2v) is 7.24.